The molecule has 2 heterocycles. The first-order valence-corrected chi connectivity index (χ1v) is 17.8. The number of fused-ring (bicyclic) bond motifs is 4. The maximum Gasteiger partial charge on any atom is 0.409 e. The molecule has 1 fully saturated rings. The molecule has 5 N–H and O–H groups in total. The van der Waals surface area contributed by atoms with Gasteiger partial charge in [0.2, 0.25) is 5.91 Å². The second-order valence-electron chi connectivity index (χ2n) is 14.2. The lowest BCUT2D eigenvalue weighted by Crippen LogP contribution is -2.58. The molecule has 0 spiro atoms. The number of hydrogen-bond donors (Lipinski definition) is 4. The molecule has 0 radical (unpaired) electrons. The minimum Gasteiger partial charge on any atom is -0.495 e. The van der Waals surface area contributed by atoms with Crippen molar-refractivity contribution in [1.82, 2.24) is 10.2 Å². The van der Waals surface area contributed by atoms with E-state index in [-0.39, 0.29) is 30.2 Å². The molecule has 0 saturated carbocycles. The number of esters is 1. The topological polar surface area (TPSA) is 181 Å². The van der Waals surface area contributed by atoms with E-state index in [4.69, 9.17) is 31.5 Å². The lowest BCUT2D eigenvalue weighted by atomic mass is 9.81. The van der Waals surface area contributed by atoms with Crippen LogP contribution in [0.2, 0.25) is 5.02 Å². The Hall–Kier alpha value is -4.33. The van der Waals surface area contributed by atoms with Crippen molar-refractivity contribution < 1.29 is 43.6 Å². The van der Waals surface area contributed by atoms with Crippen LogP contribution >= 0.6 is 11.6 Å². The van der Waals surface area contributed by atoms with Crippen molar-refractivity contribution in [3.05, 3.63) is 64.7 Å². The number of ether oxygens (including phenoxy) is 3. The number of aliphatic hydroxyl groups is 2. The highest BCUT2D eigenvalue weighted by atomic mass is 35.5. The SMILES string of the molecule is COc1cc2cc(c1Cl)N(C)C(=O)C[C@H](OC(=O)[C@H](C)N(C)C(=O)c1ccc(N)cc1)C(C)[C@@H](O)[C@H](C)[C@@H]1C[C@](O)(C/C=C/CC(C)C2)NC(=O)O1. The minimum absolute atomic E-state index is 0.0189. The average Bonchev–Trinajstić information content (AvgIpc) is 3.11. The van der Waals surface area contributed by atoms with Crippen molar-refractivity contribution in [2.45, 2.75) is 89.9 Å². The zero-order valence-electron chi connectivity index (χ0n) is 30.8. The Kier molecular flexibility index (Phi) is 13.2. The van der Waals surface area contributed by atoms with Gasteiger partial charge in [0.15, 0.2) is 0 Å². The van der Waals surface area contributed by atoms with E-state index in [1.54, 1.807) is 45.2 Å². The summed E-state index contributed by atoms with van der Waals surface area (Å²) in [6.07, 6.45) is 0.552. The summed E-state index contributed by atoms with van der Waals surface area (Å²) in [6, 6.07) is 8.81. The van der Waals surface area contributed by atoms with Gasteiger partial charge in [-0.15, -0.1) is 0 Å². The molecule has 1 saturated heterocycles. The van der Waals surface area contributed by atoms with Crippen LogP contribution < -0.4 is 20.7 Å². The highest BCUT2D eigenvalue weighted by Crippen LogP contribution is 2.38. The lowest BCUT2D eigenvalue weighted by Gasteiger charge is -2.41. The van der Waals surface area contributed by atoms with Gasteiger partial charge in [0, 0.05) is 50.0 Å². The summed E-state index contributed by atoms with van der Waals surface area (Å²) in [7, 11) is 4.51. The number of benzene rings is 2. The molecule has 2 aromatic rings. The van der Waals surface area contributed by atoms with E-state index in [2.05, 4.69) is 12.2 Å². The third kappa shape index (κ3) is 9.55. The number of carbonyl (C=O) groups is 4. The van der Waals surface area contributed by atoms with Crippen molar-refractivity contribution in [3.8, 4) is 5.75 Å². The van der Waals surface area contributed by atoms with Crippen LogP contribution in [0.3, 0.4) is 0 Å². The Morgan fingerprint density at radius 1 is 1.12 bits per heavy atom. The van der Waals surface area contributed by atoms with E-state index in [0.29, 0.717) is 35.5 Å². The van der Waals surface area contributed by atoms with Crippen LogP contribution in [0, 0.1) is 17.8 Å². The number of nitrogen functional groups attached to an aromatic ring is 1. The molecule has 0 aromatic heterocycles. The van der Waals surface area contributed by atoms with E-state index < -0.39 is 65.8 Å². The highest BCUT2D eigenvalue weighted by molar-refractivity contribution is 6.35. The minimum atomic E-state index is -1.63. The van der Waals surface area contributed by atoms with E-state index in [1.807, 2.05) is 24.3 Å². The predicted octanol–water partition coefficient (Wildman–Crippen LogP) is 4.71. The Morgan fingerprint density at radius 2 is 1.79 bits per heavy atom. The van der Waals surface area contributed by atoms with Gasteiger partial charge in [-0.25, -0.2) is 9.59 Å². The first-order valence-electron chi connectivity index (χ1n) is 17.4. The third-order valence-electron chi connectivity index (χ3n) is 10.2. The number of amides is 3. The third-order valence-corrected chi connectivity index (χ3v) is 10.6. The summed E-state index contributed by atoms with van der Waals surface area (Å²) < 4.78 is 17.1. The summed E-state index contributed by atoms with van der Waals surface area (Å²) in [5.41, 5.74) is 6.19. The fourth-order valence-corrected chi connectivity index (χ4v) is 6.87. The van der Waals surface area contributed by atoms with Gasteiger partial charge in [-0.2, -0.15) is 0 Å². The zero-order valence-corrected chi connectivity index (χ0v) is 31.6. The van der Waals surface area contributed by atoms with Crippen molar-refractivity contribution in [2.24, 2.45) is 17.8 Å². The molecule has 52 heavy (non-hydrogen) atoms. The summed E-state index contributed by atoms with van der Waals surface area (Å²) >= 11 is 6.73. The molecule has 14 heteroatoms. The van der Waals surface area contributed by atoms with Gasteiger partial charge in [0.1, 0.15) is 34.7 Å². The number of likely N-dealkylation sites (N-methyl/N-ethyl adjacent to an activating group) is 1. The molecule has 2 aromatic carbocycles. The van der Waals surface area contributed by atoms with Crippen molar-refractivity contribution in [3.63, 3.8) is 0 Å². The van der Waals surface area contributed by atoms with E-state index in [0.717, 1.165) is 5.56 Å². The van der Waals surface area contributed by atoms with Gasteiger partial charge in [-0.05, 0) is 67.6 Å². The molecule has 4 rings (SSSR count). The summed E-state index contributed by atoms with van der Waals surface area (Å²) in [5.74, 6) is -2.83. The summed E-state index contributed by atoms with van der Waals surface area (Å²) in [6.45, 7) is 6.85. The Morgan fingerprint density at radius 3 is 2.44 bits per heavy atom. The van der Waals surface area contributed by atoms with Crippen LogP contribution in [0.15, 0.2) is 48.6 Å². The molecule has 8 atom stereocenters. The number of allylic oxidation sites excluding steroid dienone is 1. The lowest BCUT2D eigenvalue weighted by molar-refractivity contribution is -0.162. The number of carbonyl (C=O) groups excluding carboxylic acids is 4. The van der Waals surface area contributed by atoms with Crippen molar-refractivity contribution >= 4 is 46.9 Å². The van der Waals surface area contributed by atoms with Gasteiger partial charge >= 0.3 is 12.1 Å². The normalized spacial score (nSPS) is 28.5. The maximum absolute atomic E-state index is 14.0. The number of anilines is 2. The predicted molar refractivity (Wildman–Crippen MR) is 197 cm³/mol. The number of hydrogen-bond acceptors (Lipinski definition) is 10. The van der Waals surface area contributed by atoms with Crippen LogP contribution in [0.4, 0.5) is 16.2 Å². The van der Waals surface area contributed by atoms with Crippen LogP contribution in [0.5, 0.6) is 5.75 Å². The fourth-order valence-electron chi connectivity index (χ4n) is 6.56. The van der Waals surface area contributed by atoms with Crippen LogP contribution in [0.25, 0.3) is 0 Å². The van der Waals surface area contributed by atoms with Gasteiger partial charge < -0.3 is 40.0 Å². The Balaban J connectivity index is 1.70. The number of nitrogens with one attached hydrogen (secondary N) is 1. The summed E-state index contributed by atoms with van der Waals surface area (Å²) in [5, 5.41) is 25.8. The fraction of sp³-hybridized carbons (Fsp3) is 0.526. The smallest absolute Gasteiger partial charge is 0.409 e. The Bertz CT molecular complexity index is 1650. The molecule has 0 aliphatic carbocycles. The molecule has 13 nitrogen and oxygen atoms in total. The molecule has 4 bridgehead atoms. The molecule has 2 aliphatic heterocycles. The second-order valence-corrected chi connectivity index (χ2v) is 14.6. The van der Waals surface area contributed by atoms with Gasteiger partial charge in [0.25, 0.3) is 5.91 Å². The Labute approximate surface area is 310 Å². The second kappa shape index (κ2) is 17.0. The zero-order chi connectivity index (χ0) is 38.5. The van der Waals surface area contributed by atoms with E-state index in [9.17, 15) is 29.4 Å². The molecule has 2 aliphatic rings. The molecular weight excluding hydrogens is 692 g/mol. The van der Waals surface area contributed by atoms with E-state index in [1.165, 1.54) is 30.9 Å². The van der Waals surface area contributed by atoms with Crippen molar-refractivity contribution in [1.29, 1.82) is 0 Å². The number of nitrogens with two attached hydrogens (primary N) is 1. The quantitative estimate of drug-likeness (QED) is 0.190. The molecule has 2 unspecified atom stereocenters. The number of methoxy groups -OCH3 is 1. The van der Waals surface area contributed by atoms with E-state index >= 15 is 0 Å². The molecule has 284 valence electrons. The number of halogens is 1. The average molecular weight is 743 g/mol. The monoisotopic (exact) mass is 742 g/mol. The first kappa shape index (κ1) is 40.4. The number of nitrogens with zero attached hydrogens (tertiary/aromatic N) is 2. The van der Waals surface area contributed by atoms with Gasteiger partial charge in [0.05, 0.1) is 25.3 Å². The van der Waals surface area contributed by atoms with Gasteiger partial charge in [-0.3, -0.25) is 14.9 Å². The van der Waals surface area contributed by atoms with Crippen LogP contribution in [-0.4, -0.2) is 90.3 Å². The van der Waals surface area contributed by atoms with Gasteiger partial charge in [-0.1, -0.05) is 44.5 Å². The number of rotatable bonds is 5. The summed E-state index contributed by atoms with van der Waals surface area (Å²) in [4.78, 5) is 56.2. The molecular formula is C38H51ClN4O9. The standard InChI is InChI=1S/C38H51ClN4O9/c1-21-10-8-9-15-38(49)20-31(52-37(48)41-38)23(3)34(45)22(2)29(19-32(44)43(6)28-17-25(16-21)18-30(50-7)33(28)39)51-36(47)24(4)42(5)35(46)26-11-13-27(40)14-12-26/h8-9,11-14,17-18,21-24,29,31,34,45,49H,10,15-16,19-20,40H2,1-7H3,(H,41,48)/b9-8+/t21?,22?,23-,24+,29+,31+,34-,38-/m1/s1. The highest BCUT2D eigenvalue weighted by Gasteiger charge is 2.45. The molecule has 3 amide bonds. The van der Waals surface area contributed by atoms with Crippen molar-refractivity contribution in [2.75, 3.05) is 31.8 Å². The largest absolute Gasteiger partial charge is 0.495 e. The number of aliphatic hydroxyl groups excluding tert-OH is 1. The van der Waals surface area contributed by atoms with Crippen LogP contribution in [-0.2, 0) is 25.5 Å². The number of alkyl carbamates (subject to hydrolysis) is 1. The van der Waals surface area contributed by atoms with Crippen LogP contribution in [0.1, 0.15) is 69.3 Å². The first-order chi connectivity index (χ1) is 24.4. The maximum atomic E-state index is 14.0.